The van der Waals surface area contributed by atoms with Gasteiger partial charge in [0.25, 0.3) is 5.91 Å². The number of rotatable bonds is 3. The van der Waals surface area contributed by atoms with Crippen LogP contribution in [-0.4, -0.2) is 33.2 Å². The number of hydrogen-bond acceptors (Lipinski definition) is 4. The molecule has 0 aliphatic carbocycles. The fraction of sp³-hybridized carbons (Fsp3) is 0.350. The minimum absolute atomic E-state index is 0.181. The van der Waals surface area contributed by atoms with Crippen molar-refractivity contribution in [2.45, 2.75) is 33.3 Å². The molecular weight excluding hydrogens is 364 g/mol. The van der Waals surface area contributed by atoms with Gasteiger partial charge in [0.15, 0.2) is 6.10 Å². The Hall–Kier alpha value is -2.54. The van der Waals surface area contributed by atoms with Crippen molar-refractivity contribution in [1.29, 1.82) is 0 Å². The third-order valence-corrected chi connectivity index (χ3v) is 5.77. The molecule has 1 atom stereocenters. The molecule has 2 aromatic carbocycles. The number of fused-ring (bicyclic) bond motifs is 1. The van der Waals surface area contributed by atoms with Crippen molar-refractivity contribution in [2.24, 2.45) is 0 Å². The molecule has 6 nitrogen and oxygen atoms in total. The molecule has 1 N–H and O–H groups in total. The lowest BCUT2D eigenvalue weighted by molar-refractivity contribution is -0.122. The summed E-state index contributed by atoms with van der Waals surface area (Å²) in [6.45, 7) is 5.95. The zero-order valence-corrected chi connectivity index (χ0v) is 16.8. The van der Waals surface area contributed by atoms with Gasteiger partial charge < -0.3 is 10.1 Å². The summed E-state index contributed by atoms with van der Waals surface area (Å²) >= 11 is 0. The standard InChI is InChI=1S/C20H24N2O4S/c1-13-5-7-15(3)16(11-13)21-20(23)19-9-10-22(27(4,24)25)17-12-14(2)6-8-18(17)26-19/h5-8,11-12,19H,9-10H2,1-4H3,(H,21,23)/t19-/m0/s1. The molecule has 27 heavy (non-hydrogen) atoms. The quantitative estimate of drug-likeness (QED) is 0.876. The first-order valence-corrected chi connectivity index (χ1v) is 10.6. The Labute approximate surface area is 160 Å². The second-order valence-corrected chi connectivity index (χ2v) is 8.92. The molecule has 144 valence electrons. The summed E-state index contributed by atoms with van der Waals surface area (Å²) < 4.78 is 31.7. The van der Waals surface area contributed by atoms with E-state index in [2.05, 4.69) is 5.32 Å². The molecule has 0 radical (unpaired) electrons. The zero-order valence-electron chi connectivity index (χ0n) is 15.9. The predicted octanol–water partition coefficient (Wildman–Crippen LogP) is 3.17. The maximum atomic E-state index is 12.8. The van der Waals surface area contributed by atoms with Crippen LogP contribution < -0.4 is 14.4 Å². The molecule has 3 rings (SSSR count). The molecule has 1 amide bonds. The topological polar surface area (TPSA) is 75.7 Å². The van der Waals surface area contributed by atoms with E-state index in [9.17, 15) is 13.2 Å². The maximum absolute atomic E-state index is 12.8. The minimum Gasteiger partial charge on any atom is -0.478 e. The van der Waals surface area contributed by atoms with Crippen molar-refractivity contribution in [2.75, 3.05) is 22.4 Å². The summed E-state index contributed by atoms with van der Waals surface area (Å²) in [5.74, 6) is 0.107. The molecule has 2 aromatic rings. The fourth-order valence-corrected chi connectivity index (χ4v) is 4.04. The molecule has 7 heteroatoms. The number of nitrogens with zero attached hydrogens (tertiary/aromatic N) is 1. The van der Waals surface area contributed by atoms with Crippen molar-refractivity contribution in [3.05, 3.63) is 53.1 Å². The Bertz CT molecular complexity index is 985. The summed E-state index contributed by atoms with van der Waals surface area (Å²) in [6, 6.07) is 11.2. The largest absolute Gasteiger partial charge is 0.478 e. The third kappa shape index (κ3) is 4.24. The molecule has 1 heterocycles. The minimum atomic E-state index is -3.48. The van der Waals surface area contributed by atoms with Gasteiger partial charge in [0.1, 0.15) is 5.75 Å². The van der Waals surface area contributed by atoms with Gasteiger partial charge >= 0.3 is 0 Å². The molecule has 1 aliphatic rings. The first kappa shape index (κ1) is 19.2. The van der Waals surface area contributed by atoms with Crippen LogP contribution in [0.3, 0.4) is 0 Å². The molecule has 0 saturated heterocycles. The third-order valence-electron chi connectivity index (χ3n) is 4.59. The normalized spacial score (nSPS) is 16.9. The number of hydrogen-bond donors (Lipinski definition) is 1. The average Bonchev–Trinajstić information content (AvgIpc) is 2.77. The number of carbonyl (C=O) groups excluding carboxylic acids is 1. The molecule has 0 spiro atoms. The van der Waals surface area contributed by atoms with Crippen LogP contribution in [0.1, 0.15) is 23.1 Å². The van der Waals surface area contributed by atoms with E-state index >= 15 is 0 Å². The van der Waals surface area contributed by atoms with Crippen LogP contribution in [0.15, 0.2) is 36.4 Å². The number of carbonyl (C=O) groups is 1. The Morgan fingerprint density at radius 3 is 2.48 bits per heavy atom. The smallest absolute Gasteiger partial charge is 0.265 e. The number of ether oxygens (including phenoxy) is 1. The van der Waals surface area contributed by atoms with Crippen LogP contribution >= 0.6 is 0 Å². The SMILES string of the molecule is Cc1ccc(C)c(NC(=O)[C@@H]2CCN(S(C)(=O)=O)c3cc(C)ccc3O2)c1. The van der Waals surface area contributed by atoms with Gasteiger partial charge in [-0.25, -0.2) is 8.42 Å². The summed E-state index contributed by atoms with van der Waals surface area (Å²) in [5.41, 5.74) is 4.12. The van der Waals surface area contributed by atoms with Gasteiger partial charge in [-0.15, -0.1) is 0 Å². The van der Waals surface area contributed by atoms with E-state index in [4.69, 9.17) is 4.74 Å². The lowest BCUT2D eigenvalue weighted by atomic mass is 10.1. The van der Waals surface area contributed by atoms with Crippen molar-refractivity contribution in [3.63, 3.8) is 0 Å². The Kier molecular flexibility index (Phi) is 5.15. The van der Waals surface area contributed by atoms with E-state index in [0.29, 0.717) is 11.4 Å². The van der Waals surface area contributed by atoms with E-state index in [0.717, 1.165) is 28.6 Å². The van der Waals surface area contributed by atoms with Crippen molar-refractivity contribution in [3.8, 4) is 5.75 Å². The number of anilines is 2. The molecule has 0 bridgehead atoms. The Balaban J connectivity index is 1.90. The average molecular weight is 388 g/mol. The molecule has 1 aliphatic heterocycles. The van der Waals surface area contributed by atoms with Gasteiger partial charge in [0, 0.05) is 18.7 Å². The first-order chi connectivity index (χ1) is 12.6. The number of benzene rings is 2. The number of nitrogens with one attached hydrogen (secondary N) is 1. The lowest BCUT2D eigenvalue weighted by Crippen LogP contribution is -2.36. The van der Waals surface area contributed by atoms with Gasteiger partial charge in [-0.1, -0.05) is 18.2 Å². The molecule has 0 fully saturated rings. The van der Waals surface area contributed by atoms with Gasteiger partial charge in [-0.3, -0.25) is 9.10 Å². The molecule has 0 aromatic heterocycles. The highest BCUT2D eigenvalue weighted by Crippen LogP contribution is 2.35. The second kappa shape index (κ2) is 7.23. The van der Waals surface area contributed by atoms with Gasteiger partial charge in [-0.2, -0.15) is 0 Å². The van der Waals surface area contributed by atoms with Crippen molar-refractivity contribution < 1.29 is 17.9 Å². The summed E-state index contributed by atoms with van der Waals surface area (Å²) in [6.07, 6.45) is 0.644. The van der Waals surface area contributed by atoms with E-state index in [-0.39, 0.29) is 18.9 Å². The number of sulfonamides is 1. The van der Waals surface area contributed by atoms with Gasteiger partial charge in [-0.05, 0) is 55.7 Å². The first-order valence-electron chi connectivity index (χ1n) is 8.78. The predicted molar refractivity (Wildman–Crippen MR) is 107 cm³/mol. The van der Waals surface area contributed by atoms with Crippen LogP contribution in [0.25, 0.3) is 0 Å². The van der Waals surface area contributed by atoms with Crippen molar-refractivity contribution in [1.82, 2.24) is 0 Å². The van der Waals surface area contributed by atoms with E-state index in [1.165, 1.54) is 4.31 Å². The highest BCUT2D eigenvalue weighted by molar-refractivity contribution is 7.92. The van der Waals surface area contributed by atoms with Gasteiger partial charge in [0.05, 0.1) is 11.9 Å². The van der Waals surface area contributed by atoms with E-state index < -0.39 is 16.1 Å². The second-order valence-electron chi connectivity index (χ2n) is 7.01. The highest BCUT2D eigenvalue weighted by Gasteiger charge is 2.31. The summed E-state index contributed by atoms with van der Waals surface area (Å²) in [5, 5.41) is 2.91. The monoisotopic (exact) mass is 388 g/mol. The fourth-order valence-electron chi connectivity index (χ4n) is 3.10. The molecular formula is C20H24N2O4S. The van der Waals surface area contributed by atoms with Gasteiger partial charge in [0.2, 0.25) is 10.0 Å². The van der Waals surface area contributed by atoms with Crippen LogP contribution in [0.5, 0.6) is 5.75 Å². The van der Waals surface area contributed by atoms with E-state index in [1.807, 2.05) is 45.0 Å². The lowest BCUT2D eigenvalue weighted by Gasteiger charge is -2.21. The molecule has 0 saturated carbocycles. The number of aryl methyl sites for hydroxylation is 3. The van der Waals surface area contributed by atoms with Crippen LogP contribution in [0.4, 0.5) is 11.4 Å². The highest BCUT2D eigenvalue weighted by atomic mass is 32.2. The molecule has 0 unspecified atom stereocenters. The van der Waals surface area contributed by atoms with Crippen molar-refractivity contribution >= 4 is 27.3 Å². The Morgan fingerprint density at radius 1 is 1.11 bits per heavy atom. The van der Waals surface area contributed by atoms with E-state index in [1.54, 1.807) is 12.1 Å². The summed E-state index contributed by atoms with van der Waals surface area (Å²) in [7, 11) is -3.48. The summed E-state index contributed by atoms with van der Waals surface area (Å²) in [4.78, 5) is 12.8. The van der Waals surface area contributed by atoms with Crippen LogP contribution in [0, 0.1) is 20.8 Å². The zero-order chi connectivity index (χ0) is 19.8. The van der Waals surface area contributed by atoms with Crippen LogP contribution in [-0.2, 0) is 14.8 Å². The maximum Gasteiger partial charge on any atom is 0.265 e. The number of amides is 1. The van der Waals surface area contributed by atoms with Crippen LogP contribution in [0.2, 0.25) is 0 Å². The Morgan fingerprint density at radius 2 is 1.78 bits per heavy atom.